The lowest BCUT2D eigenvalue weighted by Crippen LogP contribution is -2.45. The van der Waals surface area contributed by atoms with Gasteiger partial charge in [-0.3, -0.25) is 4.79 Å². The third-order valence-corrected chi connectivity index (χ3v) is 4.46. The molecule has 0 fully saturated rings. The van der Waals surface area contributed by atoms with Gasteiger partial charge in [-0.15, -0.1) is 24.0 Å². The summed E-state index contributed by atoms with van der Waals surface area (Å²) in [6.45, 7) is 3.51. The van der Waals surface area contributed by atoms with E-state index in [1.165, 1.54) is 0 Å². The molecule has 152 valence electrons. The Morgan fingerprint density at radius 2 is 2.07 bits per heavy atom. The Morgan fingerprint density at radius 1 is 1.32 bits per heavy atom. The van der Waals surface area contributed by atoms with Crippen molar-refractivity contribution in [3.05, 3.63) is 47.5 Å². The third kappa shape index (κ3) is 5.91. The van der Waals surface area contributed by atoms with Crippen molar-refractivity contribution in [2.75, 3.05) is 20.6 Å². The highest BCUT2D eigenvalue weighted by molar-refractivity contribution is 14.0. The number of hydrogen-bond donors (Lipinski definition) is 2. The minimum atomic E-state index is -0.00753. The van der Waals surface area contributed by atoms with Crippen LogP contribution in [0.2, 0.25) is 0 Å². The van der Waals surface area contributed by atoms with Gasteiger partial charge < -0.3 is 15.5 Å². The number of carbonyl (C=O) groups excluding carboxylic acids is 1. The third-order valence-electron chi connectivity index (χ3n) is 4.46. The number of nitrogens with one attached hydrogen (secondary N) is 2. The van der Waals surface area contributed by atoms with E-state index >= 15 is 0 Å². The molecule has 28 heavy (non-hydrogen) atoms. The number of rotatable bonds is 5. The highest BCUT2D eigenvalue weighted by atomic mass is 127. The zero-order chi connectivity index (χ0) is 19.2. The quantitative estimate of drug-likeness (QED) is 0.374. The zero-order valence-corrected chi connectivity index (χ0v) is 18.9. The number of guanidine groups is 1. The van der Waals surface area contributed by atoms with Crippen LogP contribution in [0, 0.1) is 6.92 Å². The highest BCUT2D eigenvalue weighted by Crippen LogP contribution is 2.22. The summed E-state index contributed by atoms with van der Waals surface area (Å²) in [5.74, 6) is 2.30. The molecule has 0 radical (unpaired) electrons. The number of hydrogen-bond acceptors (Lipinski definition) is 4. The largest absolute Gasteiger partial charge is 0.347 e. The molecule has 9 heteroatoms. The van der Waals surface area contributed by atoms with Gasteiger partial charge in [0.2, 0.25) is 5.91 Å². The molecule has 0 saturated carbocycles. The molecule has 1 aromatic heterocycles. The van der Waals surface area contributed by atoms with E-state index in [9.17, 15) is 4.79 Å². The molecule has 2 N–H and O–H groups in total. The van der Waals surface area contributed by atoms with Gasteiger partial charge in [0.05, 0.1) is 19.1 Å². The first-order valence-electron chi connectivity index (χ1n) is 9.23. The molecule has 1 atom stereocenters. The van der Waals surface area contributed by atoms with Crippen LogP contribution in [-0.4, -0.2) is 52.2 Å². The lowest BCUT2D eigenvalue weighted by Gasteiger charge is -2.25. The summed E-state index contributed by atoms with van der Waals surface area (Å²) in [7, 11) is 3.48. The van der Waals surface area contributed by atoms with Gasteiger partial charge in [0.25, 0.3) is 0 Å². The Hall–Kier alpha value is -2.17. The van der Waals surface area contributed by atoms with E-state index in [0.29, 0.717) is 12.5 Å². The number of aromatic nitrogens is 3. The van der Waals surface area contributed by atoms with Crippen molar-refractivity contribution < 1.29 is 4.79 Å². The average Bonchev–Trinajstić information content (AvgIpc) is 3.05. The smallest absolute Gasteiger partial charge is 0.241 e. The van der Waals surface area contributed by atoms with E-state index in [-0.39, 0.29) is 42.5 Å². The van der Waals surface area contributed by atoms with E-state index < -0.39 is 0 Å². The number of benzene rings is 1. The molecule has 1 amide bonds. The highest BCUT2D eigenvalue weighted by Gasteiger charge is 2.24. The number of aliphatic imine (C=N–C) groups is 1. The molecule has 1 unspecified atom stereocenters. The standard InChI is InChI=1S/C19H27N7O.HI/c1-14-22-18-16(10-7-11-26(18)24-14)23-19(21-13-17(27)25(2)3)20-12-15-8-5-4-6-9-15;/h4-6,8-9,16H,7,10-13H2,1-3H3,(H2,20,21,23);1H. The van der Waals surface area contributed by atoms with Crippen molar-refractivity contribution in [1.29, 1.82) is 0 Å². The van der Waals surface area contributed by atoms with Crippen LogP contribution in [-0.2, 0) is 17.9 Å². The molecule has 8 nitrogen and oxygen atoms in total. The first kappa shape index (κ1) is 22.1. The van der Waals surface area contributed by atoms with Crippen LogP contribution < -0.4 is 10.6 Å². The van der Waals surface area contributed by atoms with Crippen LogP contribution >= 0.6 is 24.0 Å². The fraction of sp³-hybridized carbons (Fsp3) is 0.474. The number of amides is 1. The average molecular weight is 497 g/mol. The number of fused-ring (bicyclic) bond motifs is 1. The summed E-state index contributed by atoms with van der Waals surface area (Å²) in [5.41, 5.74) is 1.11. The van der Waals surface area contributed by atoms with Gasteiger partial charge in [0.1, 0.15) is 11.6 Å². The molecule has 1 aromatic carbocycles. The number of nitrogens with zero attached hydrogens (tertiary/aromatic N) is 5. The Morgan fingerprint density at radius 3 is 2.79 bits per heavy atom. The predicted molar refractivity (Wildman–Crippen MR) is 120 cm³/mol. The van der Waals surface area contributed by atoms with Gasteiger partial charge in [0, 0.05) is 20.6 Å². The topological polar surface area (TPSA) is 87.4 Å². The SMILES string of the molecule is Cc1nc2n(n1)CCCC2NC(=NCc1ccccc1)NCC(=O)N(C)C.I. The molecule has 0 spiro atoms. The lowest BCUT2D eigenvalue weighted by atomic mass is 10.1. The summed E-state index contributed by atoms with van der Waals surface area (Å²) >= 11 is 0. The lowest BCUT2D eigenvalue weighted by molar-refractivity contribution is -0.127. The summed E-state index contributed by atoms with van der Waals surface area (Å²) in [6.07, 6.45) is 1.97. The Bertz CT molecular complexity index is 804. The predicted octanol–water partition coefficient (Wildman–Crippen LogP) is 1.86. The van der Waals surface area contributed by atoms with Crippen LogP contribution in [0.3, 0.4) is 0 Å². The second-order valence-electron chi connectivity index (χ2n) is 6.87. The van der Waals surface area contributed by atoms with Crippen molar-refractivity contribution in [2.24, 2.45) is 4.99 Å². The van der Waals surface area contributed by atoms with Gasteiger partial charge in [-0.25, -0.2) is 14.7 Å². The normalized spacial score (nSPS) is 16.0. The van der Waals surface area contributed by atoms with Crippen LogP contribution in [0.4, 0.5) is 0 Å². The molecule has 0 saturated heterocycles. The maximum absolute atomic E-state index is 12.0. The number of halogens is 1. The molecule has 2 aromatic rings. The molecule has 2 heterocycles. The van der Waals surface area contributed by atoms with E-state index in [2.05, 4.69) is 25.7 Å². The van der Waals surface area contributed by atoms with Crippen LogP contribution in [0.25, 0.3) is 0 Å². The van der Waals surface area contributed by atoms with Gasteiger partial charge in [-0.1, -0.05) is 30.3 Å². The van der Waals surface area contributed by atoms with Crippen molar-refractivity contribution in [2.45, 2.75) is 38.9 Å². The van der Waals surface area contributed by atoms with E-state index in [1.807, 2.05) is 41.9 Å². The maximum Gasteiger partial charge on any atom is 0.241 e. The second-order valence-corrected chi connectivity index (χ2v) is 6.87. The van der Waals surface area contributed by atoms with Gasteiger partial charge in [-0.05, 0) is 25.3 Å². The fourth-order valence-electron chi connectivity index (χ4n) is 2.99. The van der Waals surface area contributed by atoms with Gasteiger partial charge >= 0.3 is 0 Å². The minimum absolute atomic E-state index is 0. The van der Waals surface area contributed by atoms with Crippen LogP contribution in [0.1, 0.15) is 36.1 Å². The second kappa shape index (κ2) is 10.4. The first-order chi connectivity index (χ1) is 13.0. The van der Waals surface area contributed by atoms with Crippen molar-refractivity contribution in [3.8, 4) is 0 Å². The Balaban J connectivity index is 0.00000280. The van der Waals surface area contributed by atoms with Crippen molar-refractivity contribution in [1.82, 2.24) is 30.3 Å². The first-order valence-corrected chi connectivity index (χ1v) is 9.23. The van der Waals surface area contributed by atoms with Gasteiger partial charge in [0.15, 0.2) is 5.96 Å². The summed E-state index contributed by atoms with van der Waals surface area (Å²) in [4.78, 5) is 22.8. The molecular weight excluding hydrogens is 469 g/mol. The summed E-state index contributed by atoms with van der Waals surface area (Å²) < 4.78 is 1.95. The number of carbonyl (C=O) groups is 1. The fourth-order valence-corrected chi connectivity index (χ4v) is 2.99. The number of aryl methyl sites for hydroxylation is 2. The van der Waals surface area contributed by atoms with E-state index in [4.69, 9.17) is 0 Å². The molecule has 0 aliphatic carbocycles. The molecular formula is C19H28IN7O. The molecule has 1 aliphatic heterocycles. The monoisotopic (exact) mass is 497 g/mol. The van der Waals surface area contributed by atoms with Gasteiger partial charge in [-0.2, -0.15) is 5.10 Å². The van der Waals surface area contributed by atoms with E-state index in [0.717, 1.165) is 36.6 Å². The Kier molecular flexibility index (Phi) is 8.21. The van der Waals surface area contributed by atoms with Crippen molar-refractivity contribution in [3.63, 3.8) is 0 Å². The molecule has 1 aliphatic rings. The summed E-state index contributed by atoms with van der Waals surface area (Å²) in [6, 6.07) is 10.1. The minimum Gasteiger partial charge on any atom is -0.347 e. The van der Waals surface area contributed by atoms with Crippen LogP contribution in [0.15, 0.2) is 35.3 Å². The molecule has 0 bridgehead atoms. The maximum atomic E-state index is 12.0. The molecule has 3 rings (SSSR count). The number of likely N-dealkylation sites (N-methyl/N-ethyl adjacent to an activating group) is 1. The van der Waals surface area contributed by atoms with Crippen LogP contribution in [0.5, 0.6) is 0 Å². The summed E-state index contributed by atoms with van der Waals surface area (Å²) in [5, 5.41) is 11.0. The van der Waals surface area contributed by atoms with E-state index in [1.54, 1.807) is 19.0 Å². The van der Waals surface area contributed by atoms with Crippen molar-refractivity contribution >= 4 is 35.8 Å². The zero-order valence-electron chi connectivity index (χ0n) is 16.6. The Labute approximate surface area is 182 Å².